The summed E-state index contributed by atoms with van der Waals surface area (Å²) < 4.78 is 27.6. The molecule has 1 saturated carbocycles. The lowest BCUT2D eigenvalue weighted by Gasteiger charge is -2.16. The van der Waals surface area contributed by atoms with Crippen LogP contribution in [0.25, 0.3) is 11.3 Å². The average Bonchev–Trinajstić information content (AvgIpc) is 3.69. The van der Waals surface area contributed by atoms with Crippen molar-refractivity contribution in [3.05, 3.63) is 48.0 Å². The van der Waals surface area contributed by atoms with Gasteiger partial charge in [-0.25, -0.2) is 4.98 Å². The van der Waals surface area contributed by atoms with E-state index >= 15 is 0 Å². The number of ether oxygens (including phenoxy) is 1. The molecule has 166 valence electrons. The van der Waals surface area contributed by atoms with Gasteiger partial charge in [-0.3, -0.25) is 14.6 Å². The third-order valence-electron chi connectivity index (χ3n) is 4.85. The molecule has 3 N–H and O–H groups in total. The Morgan fingerprint density at radius 2 is 2.06 bits per heavy atom. The third kappa shape index (κ3) is 4.69. The van der Waals surface area contributed by atoms with Gasteiger partial charge in [0.2, 0.25) is 5.91 Å². The number of hydrogen-bond donors (Lipinski definition) is 3. The molecule has 1 aliphatic carbocycles. The number of para-hydroxylation sites is 1. The second kappa shape index (κ2) is 9.27. The van der Waals surface area contributed by atoms with E-state index in [1.54, 1.807) is 18.2 Å². The number of rotatable bonds is 7. The smallest absolute Gasteiger partial charge is 0.273 e. The number of carbonyl (C=O) groups is 2. The molecule has 0 bridgehead atoms. The molecule has 3 aromatic rings. The molecule has 2 heterocycles. The van der Waals surface area contributed by atoms with Crippen molar-refractivity contribution in [1.82, 2.24) is 25.5 Å². The Balaban J connectivity index is 1.72. The summed E-state index contributed by atoms with van der Waals surface area (Å²) in [7, 11) is 1.44. The van der Waals surface area contributed by atoms with Crippen LogP contribution in [0.4, 0.5) is 17.2 Å². The van der Waals surface area contributed by atoms with Gasteiger partial charge in [-0.1, -0.05) is 6.07 Å². The summed E-state index contributed by atoms with van der Waals surface area (Å²) in [5, 5.41) is 24.3. The second-order valence-electron chi connectivity index (χ2n) is 7.12. The molecule has 11 heteroatoms. The summed E-state index contributed by atoms with van der Waals surface area (Å²) >= 11 is 0. The van der Waals surface area contributed by atoms with Crippen molar-refractivity contribution in [2.75, 3.05) is 24.7 Å². The Bertz CT molecular complexity index is 1350. The fraction of sp³-hybridized carbons (Fsp3) is 0.227. The molecule has 4 rings (SSSR count). The Morgan fingerprint density at radius 3 is 2.73 bits per heavy atom. The summed E-state index contributed by atoms with van der Waals surface area (Å²) in [4.78, 5) is 33.1. The zero-order chi connectivity index (χ0) is 25.9. The molecule has 1 aromatic carbocycles. The maximum atomic E-state index is 12.6. The van der Waals surface area contributed by atoms with Gasteiger partial charge in [-0.15, -0.1) is 10.2 Å². The number of amides is 2. The van der Waals surface area contributed by atoms with Gasteiger partial charge in [0.05, 0.1) is 36.6 Å². The normalized spacial score (nSPS) is 14.1. The van der Waals surface area contributed by atoms with Gasteiger partial charge in [0.25, 0.3) is 5.91 Å². The molecular formula is C22H20N8O3. The van der Waals surface area contributed by atoms with E-state index in [9.17, 15) is 9.59 Å². The first kappa shape index (κ1) is 18.0. The first-order valence-electron chi connectivity index (χ1n) is 11.4. The van der Waals surface area contributed by atoms with Crippen molar-refractivity contribution in [2.24, 2.45) is 5.92 Å². The summed E-state index contributed by atoms with van der Waals surface area (Å²) in [5.74, 6) is -0.869. The molecule has 0 spiro atoms. The Labute approximate surface area is 193 Å². The van der Waals surface area contributed by atoms with E-state index in [2.05, 4.69) is 30.8 Å². The van der Waals surface area contributed by atoms with Crippen LogP contribution in [0, 0.1) is 17.2 Å². The van der Waals surface area contributed by atoms with E-state index in [1.807, 2.05) is 11.4 Å². The number of methoxy groups -OCH3 is 1. The third-order valence-corrected chi connectivity index (χ3v) is 4.85. The average molecular weight is 447 g/mol. The van der Waals surface area contributed by atoms with Crippen LogP contribution in [0.15, 0.2) is 36.7 Å². The van der Waals surface area contributed by atoms with Gasteiger partial charge in [-0.05, 0) is 25.0 Å². The number of aromatic nitrogens is 4. The minimum Gasteiger partial charge on any atom is -0.494 e. The van der Waals surface area contributed by atoms with Crippen molar-refractivity contribution in [3.8, 4) is 23.1 Å². The Hall–Kier alpha value is -4.59. The minimum atomic E-state index is -2.75. The zero-order valence-corrected chi connectivity index (χ0v) is 17.4. The van der Waals surface area contributed by atoms with Crippen molar-refractivity contribution in [2.45, 2.75) is 12.8 Å². The van der Waals surface area contributed by atoms with Crippen molar-refractivity contribution >= 4 is 29.0 Å². The predicted molar refractivity (Wildman–Crippen MR) is 119 cm³/mol. The van der Waals surface area contributed by atoms with Crippen LogP contribution in [-0.2, 0) is 4.79 Å². The summed E-state index contributed by atoms with van der Waals surface area (Å²) in [6.45, 7) is -2.75. The fourth-order valence-electron chi connectivity index (χ4n) is 3.08. The second-order valence-corrected chi connectivity index (χ2v) is 7.12. The number of nitrogens with one attached hydrogen (secondary N) is 3. The van der Waals surface area contributed by atoms with Gasteiger partial charge in [-0.2, -0.15) is 5.26 Å². The maximum Gasteiger partial charge on any atom is 0.273 e. The monoisotopic (exact) mass is 447 g/mol. The topological polar surface area (TPSA) is 155 Å². The minimum absolute atomic E-state index is 0.0826. The number of carbonyl (C=O) groups excluding carboxylic acids is 2. The van der Waals surface area contributed by atoms with Crippen LogP contribution in [0.1, 0.15) is 33.1 Å². The van der Waals surface area contributed by atoms with E-state index in [-0.39, 0.29) is 34.7 Å². The van der Waals surface area contributed by atoms with E-state index < -0.39 is 12.9 Å². The molecule has 2 amide bonds. The number of anilines is 3. The largest absolute Gasteiger partial charge is 0.494 e. The number of hydrogen-bond acceptors (Lipinski definition) is 9. The van der Waals surface area contributed by atoms with Crippen LogP contribution in [0.2, 0.25) is 0 Å². The highest BCUT2D eigenvalue weighted by atomic mass is 16.5. The maximum absolute atomic E-state index is 12.6. The lowest BCUT2D eigenvalue weighted by Crippen LogP contribution is -2.22. The van der Waals surface area contributed by atoms with Gasteiger partial charge in [0, 0.05) is 28.6 Å². The van der Waals surface area contributed by atoms with Gasteiger partial charge >= 0.3 is 0 Å². The molecule has 0 unspecified atom stereocenters. The fourth-order valence-corrected chi connectivity index (χ4v) is 3.08. The predicted octanol–water partition coefficient (Wildman–Crippen LogP) is 2.27. The number of nitriles is 1. The van der Waals surface area contributed by atoms with Crippen molar-refractivity contribution < 1.29 is 18.4 Å². The van der Waals surface area contributed by atoms with Crippen LogP contribution >= 0.6 is 0 Å². The van der Waals surface area contributed by atoms with Crippen LogP contribution in [0.3, 0.4) is 0 Å². The standard InChI is InChI=1S/C22H20N8O3/c1-24-22(32)19-16(8-18(29-30-19)28-21(31)12-6-7-12)27-15-5-3-4-14(20(15)33-2)17-11-25-13(9-23)10-26-17/h3-5,8,10-12H,6-7H2,1-2H3,(H,24,32)(H2,27,28,29,31)/i1D3. The molecule has 1 aliphatic rings. The highest BCUT2D eigenvalue weighted by molar-refractivity contribution is 6.00. The van der Waals surface area contributed by atoms with Crippen LogP contribution in [-0.4, -0.2) is 46.1 Å². The van der Waals surface area contributed by atoms with Crippen LogP contribution in [0.5, 0.6) is 5.75 Å². The molecule has 33 heavy (non-hydrogen) atoms. The molecule has 0 atom stereocenters. The SMILES string of the molecule is [2H]C([2H])([2H])NC(=O)c1nnc(NC(=O)C2CC2)cc1Nc1cccc(-c2cnc(C#N)cn2)c1OC. The van der Waals surface area contributed by atoms with E-state index in [1.165, 1.54) is 25.6 Å². The molecule has 2 aromatic heterocycles. The number of nitrogens with zero attached hydrogens (tertiary/aromatic N) is 5. The molecule has 1 fully saturated rings. The highest BCUT2D eigenvalue weighted by Crippen LogP contribution is 2.37. The highest BCUT2D eigenvalue weighted by Gasteiger charge is 2.30. The first-order valence-corrected chi connectivity index (χ1v) is 9.86. The summed E-state index contributed by atoms with van der Waals surface area (Å²) in [5.41, 5.74) is 1.29. The molecule has 0 saturated heterocycles. The van der Waals surface area contributed by atoms with Gasteiger partial charge < -0.3 is 20.7 Å². The summed E-state index contributed by atoms with van der Waals surface area (Å²) in [6.07, 6.45) is 4.32. The zero-order valence-electron chi connectivity index (χ0n) is 20.4. The van der Waals surface area contributed by atoms with Crippen LogP contribution < -0.4 is 20.7 Å². The molecule has 0 aliphatic heterocycles. The Kier molecular flexibility index (Phi) is 5.06. The molecular weight excluding hydrogens is 424 g/mol. The number of benzene rings is 1. The molecule has 11 nitrogen and oxygen atoms in total. The first-order chi connectivity index (χ1) is 17.2. The summed E-state index contributed by atoms with van der Waals surface area (Å²) in [6, 6.07) is 8.38. The lowest BCUT2D eigenvalue weighted by molar-refractivity contribution is -0.117. The van der Waals surface area contributed by atoms with Gasteiger partial charge in [0.1, 0.15) is 6.07 Å². The van der Waals surface area contributed by atoms with Gasteiger partial charge in [0.15, 0.2) is 23.0 Å². The lowest BCUT2D eigenvalue weighted by atomic mass is 10.1. The Morgan fingerprint density at radius 1 is 1.21 bits per heavy atom. The quantitative estimate of drug-likeness (QED) is 0.494. The van der Waals surface area contributed by atoms with E-state index in [4.69, 9.17) is 14.1 Å². The molecule has 0 radical (unpaired) electrons. The van der Waals surface area contributed by atoms with E-state index in [0.717, 1.165) is 12.8 Å². The van der Waals surface area contributed by atoms with E-state index in [0.29, 0.717) is 22.7 Å². The van der Waals surface area contributed by atoms with Crippen molar-refractivity contribution in [3.63, 3.8) is 0 Å². The van der Waals surface area contributed by atoms with Crippen molar-refractivity contribution in [1.29, 1.82) is 5.26 Å².